The van der Waals surface area contributed by atoms with Gasteiger partial charge in [0, 0.05) is 5.91 Å². The molecule has 1 rings (SSSR count). The summed E-state index contributed by atoms with van der Waals surface area (Å²) in [4.78, 5) is 10.3. The van der Waals surface area contributed by atoms with Gasteiger partial charge in [-0.2, -0.15) is 0 Å². The van der Waals surface area contributed by atoms with Gasteiger partial charge in [-0.1, -0.05) is 30.3 Å². The van der Waals surface area contributed by atoms with Crippen LogP contribution in [0.2, 0.25) is 0 Å². The Hall–Kier alpha value is -0.206. The molecule has 0 aliphatic heterocycles. The van der Waals surface area contributed by atoms with Gasteiger partial charge in [-0.3, -0.25) is 0 Å². The van der Waals surface area contributed by atoms with E-state index in [0.717, 1.165) is 12.8 Å². The van der Waals surface area contributed by atoms with Crippen molar-refractivity contribution in [3.05, 3.63) is 41.6 Å². The number of amides is 1. The summed E-state index contributed by atoms with van der Waals surface area (Å²) in [7, 11) is 0. The zero-order valence-electron chi connectivity index (χ0n) is 7.49. The summed E-state index contributed by atoms with van der Waals surface area (Å²) < 4.78 is 0. The first kappa shape index (κ1) is 12.8. The van der Waals surface area contributed by atoms with Crippen LogP contribution in [0.5, 0.6) is 0 Å². The van der Waals surface area contributed by atoms with Gasteiger partial charge >= 0.3 is 32.7 Å². The third-order valence-corrected chi connectivity index (χ3v) is 1.71. The molecule has 1 N–H and O–H groups in total. The van der Waals surface area contributed by atoms with Crippen molar-refractivity contribution in [2.45, 2.75) is 19.3 Å². The molecule has 0 atom stereocenters. The van der Waals surface area contributed by atoms with Crippen LogP contribution in [0, 0.1) is 0 Å². The van der Waals surface area contributed by atoms with Crippen LogP contribution >= 0.6 is 0 Å². The fraction of sp³-hybridized carbons (Fsp3) is 0.300. The van der Waals surface area contributed by atoms with Gasteiger partial charge in [0.2, 0.25) is 0 Å². The van der Waals surface area contributed by atoms with Crippen LogP contribution in [0.1, 0.15) is 18.4 Å². The molecule has 0 saturated heterocycles. The van der Waals surface area contributed by atoms with E-state index in [1.165, 1.54) is 5.56 Å². The molecular formula is C10H12NOY+2. The van der Waals surface area contributed by atoms with E-state index in [2.05, 4.69) is 0 Å². The van der Waals surface area contributed by atoms with E-state index in [1.807, 2.05) is 30.3 Å². The molecular weight excluding hydrogens is 239 g/mol. The second-order valence-electron chi connectivity index (χ2n) is 2.76. The van der Waals surface area contributed by atoms with Crippen LogP contribution in [0.15, 0.2) is 30.3 Å². The van der Waals surface area contributed by atoms with Crippen molar-refractivity contribution in [2.75, 3.05) is 0 Å². The van der Waals surface area contributed by atoms with Crippen LogP contribution in [0.3, 0.4) is 0 Å². The average molecular weight is 251 g/mol. The van der Waals surface area contributed by atoms with Crippen LogP contribution < -0.4 is 0 Å². The van der Waals surface area contributed by atoms with Crippen molar-refractivity contribution in [1.82, 2.24) is 0 Å². The van der Waals surface area contributed by atoms with E-state index >= 15 is 0 Å². The van der Waals surface area contributed by atoms with E-state index in [4.69, 9.17) is 5.73 Å². The number of hydrogen-bond acceptors (Lipinski definition) is 1. The van der Waals surface area contributed by atoms with Crippen LogP contribution in [-0.4, -0.2) is 5.91 Å². The van der Waals surface area contributed by atoms with Crippen LogP contribution in [0.25, 0.3) is 5.73 Å². The van der Waals surface area contributed by atoms with Crippen molar-refractivity contribution < 1.29 is 37.5 Å². The Kier molecular flexibility index (Phi) is 7.11. The molecule has 0 aromatic heterocycles. The molecule has 0 saturated carbocycles. The van der Waals surface area contributed by atoms with Crippen LogP contribution in [-0.2, 0) is 43.9 Å². The van der Waals surface area contributed by atoms with E-state index < -0.39 is 5.91 Å². The number of benzene rings is 1. The maximum absolute atomic E-state index is 10.3. The van der Waals surface area contributed by atoms with E-state index in [1.54, 1.807) is 0 Å². The van der Waals surface area contributed by atoms with Gasteiger partial charge in [-0.15, -0.1) is 0 Å². The molecule has 0 radical (unpaired) electrons. The Morgan fingerprint density at radius 1 is 1.23 bits per heavy atom. The predicted molar refractivity (Wildman–Crippen MR) is 48.7 cm³/mol. The molecule has 0 bridgehead atoms. The van der Waals surface area contributed by atoms with Gasteiger partial charge < -0.3 is 10.5 Å². The maximum Gasteiger partial charge on any atom is 3.00 e. The van der Waals surface area contributed by atoms with Gasteiger partial charge in [0.05, 0.1) is 0 Å². The fourth-order valence-electron chi connectivity index (χ4n) is 1.10. The topological polar surface area (TPSA) is 40.9 Å². The third-order valence-electron chi connectivity index (χ3n) is 1.71. The van der Waals surface area contributed by atoms with E-state index in [-0.39, 0.29) is 32.7 Å². The Morgan fingerprint density at radius 2 is 1.85 bits per heavy atom. The maximum atomic E-state index is 10.3. The number of carbonyl (C=O) groups is 1. The average Bonchev–Trinajstić information content (AvgIpc) is 2.05. The molecule has 0 unspecified atom stereocenters. The summed E-state index contributed by atoms with van der Waals surface area (Å²) in [5, 5.41) is 0. The second kappa shape index (κ2) is 7.22. The predicted octanol–water partition coefficient (Wildman–Crippen LogP) is 2.59. The molecule has 3 heteroatoms. The molecule has 0 aliphatic rings. The minimum Gasteiger partial charge on any atom is -0.668 e. The van der Waals surface area contributed by atoms with Crippen molar-refractivity contribution >= 4 is 5.91 Å². The van der Waals surface area contributed by atoms with Gasteiger partial charge in [0.1, 0.15) is 0 Å². The smallest absolute Gasteiger partial charge is 0.668 e. The van der Waals surface area contributed by atoms with Gasteiger partial charge in [0.15, 0.2) is 0 Å². The van der Waals surface area contributed by atoms with E-state index in [9.17, 15) is 4.79 Å². The molecule has 1 aromatic rings. The van der Waals surface area contributed by atoms with E-state index in [0.29, 0.717) is 6.42 Å². The van der Waals surface area contributed by atoms with Crippen molar-refractivity contribution in [3.63, 3.8) is 0 Å². The quantitative estimate of drug-likeness (QED) is 0.810. The summed E-state index contributed by atoms with van der Waals surface area (Å²) in [6.07, 6.45) is 2.05. The molecule has 1 aromatic carbocycles. The monoisotopic (exact) mass is 251 g/mol. The largest absolute Gasteiger partial charge is 3.00 e. The molecule has 0 heterocycles. The summed E-state index contributed by atoms with van der Waals surface area (Å²) >= 11 is 0. The first-order valence-corrected chi connectivity index (χ1v) is 4.07. The summed E-state index contributed by atoms with van der Waals surface area (Å²) in [5.41, 5.74) is 7.94. The summed E-state index contributed by atoms with van der Waals surface area (Å²) in [6, 6.07) is 10.0. The minimum absolute atomic E-state index is 0. The molecule has 13 heavy (non-hydrogen) atoms. The summed E-state index contributed by atoms with van der Waals surface area (Å²) in [5.74, 6) is -0.467. The Morgan fingerprint density at radius 3 is 2.38 bits per heavy atom. The third kappa shape index (κ3) is 5.95. The Bertz CT molecular complexity index is 248. The molecule has 1 amide bonds. The molecule has 0 fully saturated rings. The minimum atomic E-state index is -0.467. The first-order valence-electron chi connectivity index (χ1n) is 4.07. The van der Waals surface area contributed by atoms with Crippen molar-refractivity contribution in [3.8, 4) is 0 Å². The van der Waals surface area contributed by atoms with Gasteiger partial charge in [-0.25, -0.2) is 0 Å². The molecule has 0 spiro atoms. The van der Waals surface area contributed by atoms with Crippen molar-refractivity contribution in [2.24, 2.45) is 0 Å². The first-order chi connectivity index (χ1) is 5.79. The zero-order valence-corrected chi connectivity index (χ0v) is 10.3. The van der Waals surface area contributed by atoms with Gasteiger partial charge in [-0.05, 0) is 24.8 Å². The number of rotatable bonds is 4. The number of nitrogens with one attached hydrogen (secondary N) is 1. The van der Waals surface area contributed by atoms with Crippen LogP contribution in [0.4, 0.5) is 0 Å². The second-order valence-corrected chi connectivity index (χ2v) is 2.76. The zero-order chi connectivity index (χ0) is 8.81. The Labute approximate surface area is 104 Å². The standard InChI is InChI=1S/C10H13NO.Y/c11-10(12)8-4-7-9-5-2-1-3-6-9;/h1-3,5-6H,4,7-8H2,(H2,11,12);/q;+3/p-1. The summed E-state index contributed by atoms with van der Waals surface area (Å²) in [6.45, 7) is 0. The molecule has 64 valence electrons. The molecule has 0 aliphatic carbocycles. The Balaban J connectivity index is 0.00000144. The number of hydrogen-bond donors (Lipinski definition) is 0. The number of carbonyl (C=O) groups excluding carboxylic acids is 1. The normalized spacial score (nSPS) is 8.92. The number of aryl methyl sites for hydroxylation is 1. The van der Waals surface area contributed by atoms with Crippen molar-refractivity contribution in [1.29, 1.82) is 0 Å². The van der Waals surface area contributed by atoms with Gasteiger partial charge in [0.25, 0.3) is 0 Å². The fourth-order valence-corrected chi connectivity index (χ4v) is 1.10. The molecule has 2 nitrogen and oxygen atoms in total. The SMILES string of the molecule is [NH-]C(=O)CCCc1ccccc1.[Y+3].